The number of halogens is 1. The molecular formula is C13H21ClO2. The maximum absolute atomic E-state index is 10.1. The van der Waals surface area contributed by atoms with Gasteiger partial charge in [-0.05, 0) is 32.1 Å². The van der Waals surface area contributed by atoms with E-state index >= 15 is 0 Å². The van der Waals surface area contributed by atoms with Gasteiger partial charge in [0.2, 0.25) is 0 Å². The largest absolute Gasteiger partial charge is 0.386 e. The van der Waals surface area contributed by atoms with Gasteiger partial charge in [-0.15, -0.1) is 11.6 Å². The molecule has 0 spiro atoms. The quantitative estimate of drug-likeness (QED) is 0.337. The molecule has 0 amide bonds. The number of unbranched alkanes of at least 4 members (excludes halogenated alkanes) is 2. The van der Waals surface area contributed by atoms with Crippen molar-refractivity contribution in [2.45, 2.75) is 62.8 Å². The van der Waals surface area contributed by atoms with Crippen LogP contribution in [0.25, 0.3) is 0 Å². The predicted octanol–water partition coefficient (Wildman–Crippen LogP) is 3.02. The van der Waals surface area contributed by atoms with Crippen molar-refractivity contribution in [1.82, 2.24) is 0 Å². The Morgan fingerprint density at radius 2 is 2.31 bits per heavy atom. The molecule has 3 atom stereocenters. The first kappa shape index (κ1) is 12.4. The van der Waals surface area contributed by atoms with E-state index in [9.17, 15) is 5.11 Å². The van der Waals surface area contributed by atoms with Gasteiger partial charge in [-0.3, -0.25) is 0 Å². The lowest BCUT2D eigenvalue weighted by Gasteiger charge is -2.20. The Balaban J connectivity index is 1.73. The lowest BCUT2D eigenvalue weighted by Crippen LogP contribution is -2.32. The van der Waals surface area contributed by atoms with Gasteiger partial charge in [0, 0.05) is 5.88 Å². The Morgan fingerprint density at radius 3 is 3.06 bits per heavy atom. The second-order valence-corrected chi connectivity index (χ2v) is 5.24. The Bertz CT molecular complexity index is 254. The van der Waals surface area contributed by atoms with E-state index in [1.54, 1.807) is 0 Å². The van der Waals surface area contributed by atoms with E-state index in [1.165, 1.54) is 12.8 Å². The summed E-state index contributed by atoms with van der Waals surface area (Å²) in [5.41, 5.74) is -0.207. The van der Waals surface area contributed by atoms with Gasteiger partial charge in [0.1, 0.15) is 11.7 Å². The second kappa shape index (κ2) is 5.52. The van der Waals surface area contributed by atoms with Crippen LogP contribution >= 0.6 is 11.6 Å². The number of aliphatic hydroxyl groups excluding tert-OH is 1. The fourth-order valence-corrected chi connectivity index (χ4v) is 2.83. The van der Waals surface area contributed by atoms with Gasteiger partial charge in [-0.2, -0.15) is 0 Å². The zero-order chi connectivity index (χ0) is 11.4. The molecule has 0 unspecified atom stereocenters. The second-order valence-electron chi connectivity index (χ2n) is 4.86. The molecule has 2 aliphatic rings. The number of alkyl halides is 1. The summed E-state index contributed by atoms with van der Waals surface area (Å²) in [5, 5.41) is 10.1. The highest BCUT2D eigenvalue weighted by molar-refractivity contribution is 6.17. The maximum Gasteiger partial charge on any atom is 0.124 e. The van der Waals surface area contributed by atoms with Gasteiger partial charge in [-0.25, -0.2) is 0 Å². The summed E-state index contributed by atoms with van der Waals surface area (Å²) in [4.78, 5) is 0. The van der Waals surface area contributed by atoms with Crippen LogP contribution in [0.2, 0.25) is 0 Å². The Morgan fingerprint density at radius 1 is 1.44 bits per heavy atom. The molecule has 0 aromatic rings. The van der Waals surface area contributed by atoms with Crippen molar-refractivity contribution in [3.8, 4) is 0 Å². The fraction of sp³-hybridized carbons (Fsp3) is 0.846. The van der Waals surface area contributed by atoms with Gasteiger partial charge >= 0.3 is 0 Å². The number of hydrogen-bond acceptors (Lipinski definition) is 2. The molecule has 2 fully saturated rings. The molecule has 0 bridgehead atoms. The van der Waals surface area contributed by atoms with E-state index in [4.69, 9.17) is 16.3 Å². The van der Waals surface area contributed by atoms with Crippen LogP contribution in [0.15, 0.2) is 12.2 Å². The number of fused-ring (bicyclic) bond motifs is 1. The molecule has 1 heterocycles. The van der Waals surface area contributed by atoms with E-state index in [1.807, 2.05) is 6.08 Å². The number of hydrogen-bond donors (Lipinski definition) is 1. The molecule has 1 aliphatic carbocycles. The van der Waals surface area contributed by atoms with Crippen molar-refractivity contribution in [1.29, 1.82) is 0 Å². The standard InChI is InChI=1S/C13H21ClO2/c14-10-6-2-1-3-7-11(15)13-9-5-4-8-12(13)16-13/h3,7,11-12,15H,1-2,4-6,8-10H2/b7-3-/t11-,12-,13-/m0/s1. The van der Waals surface area contributed by atoms with Gasteiger partial charge in [0.15, 0.2) is 0 Å². The van der Waals surface area contributed by atoms with Crippen LogP contribution in [0.1, 0.15) is 44.9 Å². The minimum atomic E-state index is -0.409. The van der Waals surface area contributed by atoms with Crippen molar-refractivity contribution < 1.29 is 9.84 Å². The summed E-state index contributed by atoms with van der Waals surface area (Å²) < 4.78 is 5.68. The first-order chi connectivity index (χ1) is 7.79. The van der Waals surface area contributed by atoms with Gasteiger partial charge < -0.3 is 9.84 Å². The summed E-state index contributed by atoms with van der Waals surface area (Å²) in [6.07, 6.45) is 11.6. The molecule has 0 aromatic carbocycles. The Hall–Kier alpha value is -0.0500. The lowest BCUT2D eigenvalue weighted by molar-refractivity contribution is 0.104. The summed E-state index contributed by atoms with van der Waals surface area (Å²) in [6.45, 7) is 0. The number of allylic oxidation sites excluding steroid dienone is 1. The first-order valence-electron chi connectivity index (χ1n) is 6.38. The maximum atomic E-state index is 10.1. The molecule has 1 saturated heterocycles. The topological polar surface area (TPSA) is 32.8 Å². The number of epoxide rings is 1. The molecule has 2 nitrogen and oxygen atoms in total. The molecule has 16 heavy (non-hydrogen) atoms. The van der Waals surface area contributed by atoms with Crippen molar-refractivity contribution in [2.24, 2.45) is 0 Å². The minimum absolute atomic E-state index is 0.207. The van der Waals surface area contributed by atoms with Gasteiger partial charge in [-0.1, -0.05) is 25.0 Å². The minimum Gasteiger partial charge on any atom is -0.386 e. The smallest absolute Gasteiger partial charge is 0.124 e. The van der Waals surface area contributed by atoms with Crippen LogP contribution in [0.3, 0.4) is 0 Å². The van der Waals surface area contributed by atoms with Crippen LogP contribution in [0.4, 0.5) is 0 Å². The molecule has 2 rings (SSSR count). The fourth-order valence-electron chi connectivity index (χ4n) is 2.64. The van der Waals surface area contributed by atoms with Gasteiger partial charge in [0.25, 0.3) is 0 Å². The number of rotatable bonds is 6. The molecule has 1 N–H and O–H groups in total. The van der Waals surface area contributed by atoms with Crippen molar-refractivity contribution in [2.75, 3.05) is 5.88 Å². The van der Waals surface area contributed by atoms with E-state index in [0.29, 0.717) is 6.10 Å². The summed E-state index contributed by atoms with van der Waals surface area (Å²) in [6, 6.07) is 0. The highest BCUT2D eigenvalue weighted by atomic mass is 35.5. The van der Waals surface area contributed by atoms with Crippen LogP contribution in [-0.4, -0.2) is 28.8 Å². The zero-order valence-corrected chi connectivity index (χ0v) is 10.5. The normalized spacial score (nSPS) is 35.0. The van der Waals surface area contributed by atoms with Crippen molar-refractivity contribution in [3.05, 3.63) is 12.2 Å². The zero-order valence-electron chi connectivity index (χ0n) is 9.70. The third-order valence-corrected chi connectivity index (χ3v) is 3.97. The number of aliphatic hydroxyl groups is 1. The van der Waals surface area contributed by atoms with E-state index in [-0.39, 0.29) is 5.60 Å². The Labute approximate surface area is 103 Å². The molecule has 1 saturated carbocycles. The third-order valence-electron chi connectivity index (χ3n) is 3.71. The van der Waals surface area contributed by atoms with Gasteiger partial charge in [0.05, 0.1) is 6.10 Å². The highest BCUT2D eigenvalue weighted by Crippen LogP contribution is 2.50. The molecule has 3 heteroatoms. The average molecular weight is 245 g/mol. The number of ether oxygens (including phenoxy) is 1. The van der Waals surface area contributed by atoms with Crippen LogP contribution in [-0.2, 0) is 4.74 Å². The lowest BCUT2D eigenvalue weighted by atomic mass is 9.85. The van der Waals surface area contributed by atoms with Crippen LogP contribution in [0, 0.1) is 0 Å². The van der Waals surface area contributed by atoms with E-state index in [2.05, 4.69) is 6.08 Å². The Kier molecular flexibility index (Phi) is 4.28. The highest BCUT2D eigenvalue weighted by Gasteiger charge is 2.60. The first-order valence-corrected chi connectivity index (χ1v) is 6.91. The summed E-state index contributed by atoms with van der Waals surface area (Å²) in [5.74, 6) is 0.728. The molecule has 92 valence electrons. The monoisotopic (exact) mass is 244 g/mol. The predicted molar refractivity (Wildman–Crippen MR) is 65.8 cm³/mol. The van der Waals surface area contributed by atoms with E-state index in [0.717, 1.165) is 38.0 Å². The van der Waals surface area contributed by atoms with Crippen LogP contribution < -0.4 is 0 Å². The molecule has 0 radical (unpaired) electrons. The average Bonchev–Trinajstić information content (AvgIpc) is 3.04. The molecular weight excluding hydrogens is 224 g/mol. The van der Waals surface area contributed by atoms with Crippen molar-refractivity contribution >= 4 is 11.6 Å². The van der Waals surface area contributed by atoms with Crippen LogP contribution in [0.5, 0.6) is 0 Å². The molecule has 1 aliphatic heterocycles. The SMILES string of the molecule is O[C@@H](/C=C\CCCCCl)[C@@]12CCCC[C@@H]1O2. The van der Waals surface area contributed by atoms with Crippen molar-refractivity contribution in [3.63, 3.8) is 0 Å². The summed E-state index contributed by atoms with van der Waals surface area (Å²) in [7, 11) is 0. The van der Waals surface area contributed by atoms with E-state index < -0.39 is 6.10 Å². The molecule has 0 aromatic heterocycles. The summed E-state index contributed by atoms with van der Waals surface area (Å²) >= 11 is 5.60. The third kappa shape index (κ3) is 2.61.